The highest BCUT2D eigenvalue weighted by Crippen LogP contribution is 2.45. The van der Waals surface area contributed by atoms with Crippen molar-refractivity contribution in [2.75, 3.05) is 13.1 Å². The van der Waals surface area contributed by atoms with Crippen LogP contribution in [0.25, 0.3) is 0 Å². The minimum atomic E-state index is -0.125. The standard InChI is InChI=1S/C13H23NO2/c1-10(15)14-8-7-13(9-14,12(2,3)4)16-11-5-6-11/h11H,5-9H2,1-4H3. The van der Waals surface area contributed by atoms with E-state index in [1.165, 1.54) is 12.8 Å². The second-order valence-electron chi connectivity index (χ2n) is 6.25. The Labute approximate surface area is 98.1 Å². The lowest BCUT2D eigenvalue weighted by Gasteiger charge is -2.41. The van der Waals surface area contributed by atoms with E-state index in [-0.39, 0.29) is 16.9 Å². The van der Waals surface area contributed by atoms with Gasteiger partial charge in [0.1, 0.15) is 0 Å². The highest BCUT2D eigenvalue weighted by atomic mass is 16.5. The van der Waals surface area contributed by atoms with E-state index in [1.807, 2.05) is 4.90 Å². The lowest BCUT2D eigenvalue weighted by atomic mass is 9.75. The highest BCUT2D eigenvalue weighted by Gasteiger charge is 2.51. The summed E-state index contributed by atoms with van der Waals surface area (Å²) in [6.45, 7) is 9.93. The van der Waals surface area contributed by atoms with E-state index >= 15 is 0 Å². The van der Waals surface area contributed by atoms with Crippen molar-refractivity contribution in [2.24, 2.45) is 5.41 Å². The largest absolute Gasteiger partial charge is 0.369 e. The van der Waals surface area contributed by atoms with Crippen molar-refractivity contribution in [1.82, 2.24) is 4.90 Å². The maximum absolute atomic E-state index is 11.4. The van der Waals surface area contributed by atoms with Crippen LogP contribution >= 0.6 is 0 Å². The zero-order valence-electron chi connectivity index (χ0n) is 10.9. The molecular weight excluding hydrogens is 202 g/mol. The summed E-state index contributed by atoms with van der Waals surface area (Å²) in [5.74, 6) is 0.172. The molecule has 1 saturated heterocycles. The smallest absolute Gasteiger partial charge is 0.219 e. The summed E-state index contributed by atoms with van der Waals surface area (Å²) in [7, 11) is 0. The molecule has 3 nitrogen and oxygen atoms in total. The van der Waals surface area contributed by atoms with Crippen LogP contribution in [0.1, 0.15) is 47.0 Å². The van der Waals surface area contributed by atoms with Crippen LogP contribution in [-0.4, -0.2) is 35.6 Å². The summed E-state index contributed by atoms with van der Waals surface area (Å²) in [5.41, 5.74) is -0.0281. The third-order valence-electron chi connectivity index (χ3n) is 3.96. The zero-order chi connectivity index (χ0) is 12.0. The number of hydrogen-bond donors (Lipinski definition) is 0. The first-order valence-corrected chi connectivity index (χ1v) is 6.27. The normalized spacial score (nSPS) is 30.9. The second-order valence-corrected chi connectivity index (χ2v) is 6.25. The minimum absolute atomic E-state index is 0.0970. The number of nitrogens with zero attached hydrogens (tertiary/aromatic N) is 1. The summed E-state index contributed by atoms with van der Waals surface area (Å²) >= 11 is 0. The van der Waals surface area contributed by atoms with Crippen LogP contribution in [0, 0.1) is 5.41 Å². The van der Waals surface area contributed by atoms with Crippen molar-refractivity contribution in [3.8, 4) is 0 Å². The first kappa shape index (κ1) is 11.9. The minimum Gasteiger partial charge on any atom is -0.369 e. The predicted molar refractivity (Wildman–Crippen MR) is 63.2 cm³/mol. The SMILES string of the molecule is CC(=O)N1CCC(OC2CC2)(C(C)(C)C)C1. The molecule has 2 rings (SSSR count). The van der Waals surface area contributed by atoms with Gasteiger partial charge < -0.3 is 9.64 Å². The molecule has 0 aromatic carbocycles. The molecule has 0 bridgehead atoms. The van der Waals surface area contributed by atoms with E-state index in [0.717, 1.165) is 19.5 Å². The predicted octanol–water partition coefficient (Wildman–Crippen LogP) is 2.20. The molecule has 0 N–H and O–H groups in total. The molecule has 1 heterocycles. The fourth-order valence-corrected chi connectivity index (χ4v) is 2.44. The molecule has 1 aliphatic carbocycles. The molecule has 1 aliphatic heterocycles. The number of hydrogen-bond acceptors (Lipinski definition) is 2. The van der Waals surface area contributed by atoms with Gasteiger partial charge in [-0.1, -0.05) is 20.8 Å². The number of amides is 1. The molecule has 1 saturated carbocycles. The van der Waals surface area contributed by atoms with Gasteiger partial charge in [-0.05, 0) is 24.7 Å². The van der Waals surface area contributed by atoms with E-state index in [2.05, 4.69) is 20.8 Å². The lowest BCUT2D eigenvalue weighted by Crippen LogP contribution is -2.48. The number of ether oxygens (including phenoxy) is 1. The Kier molecular flexibility index (Phi) is 2.77. The van der Waals surface area contributed by atoms with Gasteiger partial charge in [0, 0.05) is 13.5 Å². The Morgan fingerprint density at radius 3 is 2.38 bits per heavy atom. The van der Waals surface area contributed by atoms with E-state index in [1.54, 1.807) is 6.92 Å². The monoisotopic (exact) mass is 225 g/mol. The third kappa shape index (κ3) is 2.10. The van der Waals surface area contributed by atoms with E-state index < -0.39 is 0 Å². The van der Waals surface area contributed by atoms with Gasteiger partial charge in [0.05, 0.1) is 18.2 Å². The Morgan fingerprint density at radius 1 is 1.38 bits per heavy atom. The molecule has 1 atom stereocenters. The van der Waals surface area contributed by atoms with Gasteiger partial charge in [0.15, 0.2) is 0 Å². The molecule has 2 aliphatic rings. The summed E-state index contributed by atoms with van der Waals surface area (Å²) < 4.78 is 6.26. The van der Waals surface area contributed by atoms with Crippen molar-refractivity contribution >= 4 is 5.91 Å². The van der Waals surface area contributed by atoms with Crippen molar-refractivity contribution in [3.63, 3.8) is 0 Å². The van der Waals surface area contributed by atoms with Gasteiger partial charge in [-0.2, -0.15) is 0 Å². The average Bonchev–Trinajstić information content (AvgIpc) is 2.80. The molecule has 0 aromatic rings. The van der Waals surface area contributed by atoms with E-state index in [0.29, 0.717) is 6.10 Å². The van der Waals surface area contributed by atoms with Crippen LogP contribution in [0.4, 0.5) is 0 Å². The fraction of sp³-hybridized carbons (Fsp3) is 0.923. The average molecular weight is 225 g/mol. The van der Waals surface area contributed by atoms with Crippen LogP contribution in [0.15, 0.2) is 0 Å². The molecule has 0 spiro atoms. The highest BCUT2D eigenvalue weighted by molar-refractivity contribution is 5.73. The molecule has 16 heavy (non-hydrogen) atoms. The lowest BCUT2D eigenvalue weighted by molar-refractivity contribution is -0.136. The van der Waals surface area contributed by atoms with Crippen molar-refractivity contribution < 1.29 is 9.53 Å². The Morgan fingerprint density at radius 2 is 2.00 bits per heavy atom. The van der Waals surface area contributed by atoms with Crippen molar-refractivity contribution in [3.05, 3.63) is 0 Å². The number of carbonyl (C=O) groups is 1. The molecule has 1 unspecified atom stereocenters. The van der Waals surface area contributed by atoms with Gasteiger partial charge in [0.2, 0.25) is 5.91 Å². The molecular formula is C13H23NO2. The Bertz CT molecular complexity index is 291. The maximum Gasteiger partial charge on any atom is 0.219 e. The van der Waals surface area contributed by atoms with E-state index in [4.69, 9.17) is 4.74 Å². The van der Waals surface area contributed by atoms with Gasteiger partial charge >= 0.3 is 0 Å². The summed E-state index contributed by atoms with van der Waals surface area (Å²) in [6, 6.07) is 0. The van der Waals surface area contributed by atoms with Gasteiger partial charge in [-0.25, -0.2) is 0 Å². The fourth-order valence-electron chi connectivity index (χ4n) is 2.44. The molecule has 0 radical (unpaired) electrons. The molecule has 0 aromatic heterocycles. The molecule has 2 fully saturated rings. The summed E-state index contributed by atoms with van der Waals surface area (Å²) in [5, 5.41) is 0. The van der Waals surface area contributed by atoms with Gasteiger partial charge in [-0.15, -0.1) is 0 Å². The summed E-state index contributed by atoms with van der Waals surface area (Å²) in [6.07, 6.45) is 3.81. The number of carbonyl (C=O) groups excluding carboxylic acids is 1. The quantitative estimate of drug-likeness (QED) is 0.721. The maximum atomic E-state index is 11.4. The molecule has 1 amide bonds. The molecule has 3 heteroatoms. The topological polar surface area (TPSA) is 29.5 Å². The van der Waals surface area contributed by atoms with Crippen LogP contribution in [0.2, 0.25) is 0 Å². The van der Waals surface area contributed by atoms with Gasteiger partial charge in [0.25, 0.3) is 0 Å². The van der Waals surface area contributed by atoms with Crippen molar-refractivity contribution in [2.45, 2.75) is 58.7 Å². The van der Waals surface area contributed by atoms with Crippen LogP contribution in [0.3, 0.4) is 0 Å². The third-order valence-corrected chi connectivity index (χ3v) is 3.96. The van der Waals surface area contributed by atoms with Crippen molar-refractivity contribution in [1.29, 1.82) is 0 Å². The summed E-state index contributed by atoms with van der Waals surface area (Å²) in [4.78, 5) is 13.4. The molecule has 92 valence electrons. The Balaban J connectivity index is 2.13. The van der Waals surface area contributed by atoms with Crippen LogP contribution in [-0.2, 0) is 9.53 Å². The second kappa shape index (κ2) is 3.73. The van der Waals surface area contributed by atoms with E-state index in [9.17, 15) is 4.79 Å². The number of likely N-dealkylation sites (tertiary alicyclic amines) is 1. The first-order chi connectivity index (χ1) is 7.34. The first-order valence-electron chi connectivity index (χ1n) is 6.27. The number of rotatable bonds is 2. The zero-order valence-corrected chi connectivity index (χ0v) is 10.9. The van der Waals surface area contributed by atoms with Gasteiger partial charge in [-0.3, -0.25) is 4.79 Å². The van der Waals surface area contributed by atoms with Crippen LogP contribution < -0.4 is 0 Å². The Hall–Kier alpha value is -0.570. The van der Waals surface area contributed by atoms with Crippen LogP contribution in [0.5, 0.6) is 0 Å².